The van der Waals surface area contributed by atoms with Crippen LogP contribution >= 0.6 is 0 Å². The van der Waals surface area contributed by atoms with Gasteiger partial charge in [-0.1, -0.05) is 32.0 Å². The SMILES string of the molecule is Cc1ccc(/C=N/NC(=O)C(C)C)cc1C. The fourth-order valence-corrected chi connectivity index (χ4v) is 1.14. The Morgan fingerprint density at radius 1 is 1.31 bits per heavy atom. The molecule has 3 nitrogen and oxygen atoms in total. The van der Waals surface area contributed by atoms with Crippen molar-refractivity contribution in [3.63, 3.8) is 0 Å². The highest BCUT2D eigenvalue weighted by atomic mass is 16.2. The number of hydrazone groups is 1. The highest BCUT2D eigenvalue weighted by Crippen LogP contribution is 2.07. The van der Waals surface area contributed by atoms with Gasteiger partial charge in [-0.05, 0) is 30.5 Å². The summed E-state index contributed by atoms with van der Waals surface area (Å²) in [5, 5.41) is 3.91. The zero-order chi connectivity index (χ0) is 12.1. The molecule has 0 aliphatic rings. The summed E-state index contributed by atoms with van der Waals surface area (Å²) in [5.74, 6) is -0.114. The molecule has 0 fully saturated rings. The number of aryl methyl sites for hydroxylation is 2. The summed E-state index contributed by atoms with van der Waals surface area (Å²) in [6, 6.07) is 6.06. The van der Waals surface area contributed by atoms with Crippen molar-refractivity contribution in [1.29, 1.82) is 0 Å². The van der Waals surface area contributed by atoms with Crippen molar-refractivity contribution >= 4 is 12.1 Å². The van der Waals surface area contributed by atoms with Crippen molar-refractivity contribution in [3.8, 4) is 0 Å². The van der Waals surface area contributed by atoms with E-state index in [1.54, 1.807) is 6.21 Å². The van der Waals surface area contributed by atoms with Gasteiger partial charge in [0, 0.05) is 5.92 Å². The van der Waals surface area contributed by atoms with Crippen molar-refractivity contribution in [2.75, 3.05) is 0 Å². The number of rotatable bonds is 3. The van der Waals surface area contributed by atoms with E-state index in [1.807, 2.05) is 32.0 Å². The van der Waals surface area contributed by atoms with E-state index < -0.39 is 0 Å². The summed E-state index contributed by atoms with van der Waals surface area (Å²) in [7, 11) is 0. The van der Waals surface area contributed by atoms with Gasteiger partial charge in [-0.3, -0.25) is 4.79 Å². The van der Waals surface area contributed by atoms with Crippen LogP contribution in [0.2, 0.25) is 0 Å². The summed E-state index contributed by atoms with van der Waals surface area (Å²) in [4.78, 5) is 11.2. The zero-order valence-electron chi connectivity index (χ0n) is 10.2. The van der Waals surface area contributed by atoms with Gasteiger partial charge in [0.15, 0.2) is 0 Å². The van der Waals surface area contributed by atoms with Gasteiger partial charge in [-0.15, -0.1) is 0 Å². The lowest BCUT2D eigenvalue weighted by Crippen LogP contribution is -2.22. The molecule has 0 radical (unpaired) electrons. The van der Waals surface area contributed by atoms with Crippen LogP contribution < -0.4 is 5.43 Å². The normalized spacial score (nSPS) is 11.1. The molecule has 3 heteroatoms. The first kappa shape index (κ1) is 12.4. The lowest BCUT2D eigenvalue weighted by atomic mass is 10.1. The molecular weight excluding hydrogens is 200 g/mol. The molecule has 1 aromatic rings. The zero-order valence-corrected chi connectivity index (χ0v) is 10.2. The fourth-order valence-electron chi connectivity index (χ4n) is 1.14. The minimum absolute atomic E-state index is 0.0445. The molecule has 0 bridgehead atoms. The molecule has 86 valence electrons. The van der Waals surface area contributed by atoms with Crippen LogP contribution in [0.15, 0.2) is 23.3 Å². The number of carbonyl (C=O) groups excluding carboxylic acids is 1. The number of carbonyl (C=O) groups is 1. The van der Waals surface area contributed by atoms with E-state index in [9.17, 15) is 4.79 Å². The summed E-state index contributed by atoms with van der Waals surface area (Å²) in [6.07, 6.45) is 1.66. The van der Waals surface area contributed by atoms with Gasteiger partial charge in [-0.2, -0.15) is 5.10 Å². The lowest BCUT2D eigenvalue weighted by Gasteiger charge is -2.02. The van der Waals surface area contributed by atoms with E-state index in [0.29, 0.717) is 0 Å². The third-order valence-electron chi connectivity index (χ3n) is 2.44. The summed E-state index contributed by atoms with van der Waals surface area (Å²) >= 11 is 0. The quantitative estimate of drug-likeness (QED) is 0.614. The molecule has 1 N–H and O–H groups in total. The van der Waals surface area contributed by atoms with Gasteiger partial charge in [-0.25, -0.2) is 5.43 Å². The molecule has 0 saturated heterocycles. The van der Waals surface area contributed by atoms with Crippen LogP contribution in [0.4, 0.5) is 0 Å². The maximum atomic E-state index is 11.2. The first-order valence-electron chi connectivity index (χ1n) is 5.41. The molecule has 0 aliphatic carbocycles. The summed E-state index contributed by atoms with van der Waals surface area (Å²) in [6.45, 7) is 7.79. The number of hydrogen-bond donors (Lipinski definition) is 1. The second kappa shape index (κ2) is 5.45. The predicted molar refractivity (Wildman–Crippen MR) is 66.5 cm³/mol. The molecule has 1 rings (SSSR count). The number of nitrogens with one attached hydrogen (secondary N) is 1. The largest absolute Gasteiger partial charge is 0.273 e. The van der Waals surface area contributed by atoms with Gasteiger partial charge in [0.05, 0.1) is 6.21 Å². The van der Waals surface area contributed by atoms with Crippen LogP contribution in [0.25, 0.3) is 0 Å². The summed E-state index contributed by atoms with van der Waals surface area (Å²) < 4.78 is 0. The van der Waals surface area contributed by atoms with Gasteiger partial charge in [0.25, 0.3) is 0 Å². The molecule has 0 unspecified atom stereocenters. The second-order valence-corrected chi connectivity index (χ2v) is 4.23. The van der Waals surface area contributed by atoms with Crippen molar-refractivity contribution in [3.05, 3.63) is 34.9 Å². The van der Waals surface area contributed by atoms with Crippen molar-refractivity contribution < 1.29 is 4.79 Å². The second-order valence-electron chi connectivity index (χ2n) is 4.23. The van der Waals surface area contributed by atoms with E-state index in [4.69, 9.17) is 0 Å². The Kier molecular flexibility index (Phi) is 4.23. The van der Waals surface area contributed by atoms with Crippen LogP contribution in [0.1, 0.15) is 30.5 Å². The van der Waals surface area contributed by atoms with Crippen molar-refractivity contribution in [1.82, 2.24) is 5.43 Å². The van der Waals surface area contributed by atoms with E-state index in [-0.39, 0.29) is 11.8 Å². The Balaban J connectivity index is 2.63. The predicted octanol–water partition coefficient (Wildman–Crippen LogP) is 2.41. The van der Waals surface area contributed by atoms with Gasteiger partial charge < -0.3 is 0 Å². The first-order valence-corrected chi connectivity index (χ1v) is 5.41. The standard InChI is InChI=1S/C13H18N2O/c1-9(2)13(16)15-14-8-12-6-5-10(3)11(4)7-12/h5-9H,1-4H3,(H,15,16)/b14-8+. The molecule has 0 saturated carbocycles. The highest BCUT2D eigenvalue weighted by Gasteiger charge is 2.03. The van der Waals surface area contributed by atoms with Crippen LogP contribution in [0.3, 0.4) is 0 Å². The molecule has 0 heterocycles. The monoisotopic (exact) mass is 218 g/mol. The number of hydrogen-bond acceptors (Lipinski definition) is 2. The molecular formula is C13H18N2O. The van der Waals surface area contributed by atoms with Crippen molar-refractivity contribution in [2.45, 2.75) is 27.7 Å². The Labute approximate surface area is 96.6 Å². The molecule has 0 spiro atoms. The molecule has 0 atom stereocenters. The molecule has 1 aromatic carbocycles. The van der Waals surface area contributed by atoms with Crippen LogP contribution in [-0.2, 0) is 4.79 Å². The maximum Gasteiger partial charge on any atom is 0.242 e. The molecule has 16 heavy (non-hydrogen) atoms. The third-order valence-corrected chi connectivity index (χ3v) is 2.44. The highest BCUT2D eigenvalue weighted by molar-refractivity contribution is 5.83. The van der Waals surface area contributed by atoms with Crippen LogP contribution in [0.5, 0.6) is 0 Å². The molecule has 0 aromatic heterocycles. The van der Waals surface area contributed by atoms with E-state index in [1.165, 1.54) is 11.1 Å². The van der Waals surface area contributed by atoms with Crippen molar-refractivity contribution in [2.24, 2.45) is 11.0 Å². The first-order chi connectivity index (χ1) is 7.50. The van der Waals surface area contributed by atoms with E-state index >= 15 is 0 Å². The number of nitrogens with zero attached hydrogens (tertiary/aromatic N) is 1. The minimum Gasteiger partial charge on any atom is -0.273 e. The fraction of sp³-hybridized carbons (Fsp3) is 0.385. The Morgan fingerprint density at radius 2 is 2.00 bits per heavy atom. The Bertz CT molecular complexity index is 408. The summed E-state index contributed by atoms with van der Waals surface area (Å²) in [5.41, 5.74) is 5.96. The van der Waals surface area contributed by atoms with Crippen LogP contribution in [-0.4, -0.2) is 12.1 Å². The minimum atomic E-state index is -0.0694. The van der Waals surface area contributed by atoms with Crippen LogP contribution in [0, 0.1) is 19.8 Å². The smallest absolute Gasteiger partial charge is 0.242 e. The topological polar surface area (TPSA) is 41.5 Å². The van der Waals surface area contributed by atoms with Gasteiger partial charge >= 0.3 is 0 Å². The van der Waals surface area contributed by atoms with Gasteiger partial charge in [0.2, 0.25) is 5.91 Å². The Morgan fingerprint density at radius 3 is 2.56 bits per heavy atom. The van der Waals surface area contributed by atoms with Gasteiger partial charge in [0.1, 0.15) is 0 Å². The van der Waals surface area contributed by atoms with E-state index in [2.05, 4.69) is 24.4 Å². The average Bonchev–Trinajstić information content (AvgIpc) is 2.23. The average molecular weight is 218 g/mol. The third kappa shape index (κ3) is 3.50. The maximum absolute atomic E-state index is 11.2. The molecule has 0 aliphatic heterocycles. The lowest BCUT2D eigenvalue weighted by molar-refractivity contribution is -0.123. The molecule has 1 amide bonds. The number of benzene rings is 1. The Hall–Kier alpha value is -1.64. The van der Waals surface area contributed by atoms with E-state index in [0.717, 1.165) is 5.56 Å². The number of amides is 1.